The van der Waals surface area contributed by atoms with Gasteiger partial charge >= 0.3 is 6.09 Å². The summed E-state index contributed by atoms with van der Waals surface area (Å²) in [6, 6.07) is 0. The Hall–Kier alpha value is -0.460. The van der Waals surface area contributed by atoms with Gasteiger partial charge in [-0.15, -0.1) is 0 Å². The minimum atomic E-state index is -0.946. The molecule has 1 saturated heterocycles. The van der Waals surface area contributed by atoms with Crippen LogP contribution in [-0.2, 0) is 9.47 Å². The largest absolute Gasteiger partial charge is 0.465 e. The van der Waals surface area contributed by atoms with Gasteiger partial charge in [0.15, 0.2) is 5.79 Å². The molecule has 2 N–H and O–H groups in total. The SMILES string of the molecule is CCC1(CC)OCC(CCSCCCCC(C)(C)NC(=O)O)O1. The van der Waals surface area contributed by atoms with Crippen molar-refractivity contribution in [2.24, 2.45) is 0 Å². The highest BCUT2D eigenvalue weighted by molar-refractivity contribution is 7.99. The summed E-state index contributed by atoms with van der Waals surface area (Å²) in [7, 11) is 0. The highest BCUT2D eigenvalue weighted by Gasteiger charge is 2.37. The molecular weight excluding hydrogens is 314 g/mol. The van der Waals surface area contributed by atoms with Crippen LogP contribution in [0.5, 0.6) is 0 Å². The zero-order valence-corrected chi connectivity index (χ0v) is 15.8. The Bertz CT molecular complexity index is 359. The second-order valence-corrected chi connectivity index (χ2v) is 8.07. The smallest absolute Gasteiger partial charge is 0.405 e. The Kier molecular flexibility index (Phi) is 8.72. The number of thioether (sulfide) groups is 1. The number of rotatable bonds is 11. The van der Waals surface area contributed by atoms with Gasteiger partial charge in [-0.2, -0.15) is 11.8 Å². The Morgan fingerprint density at radius 1 is 1.30 bits per heavy atom. The Morgan fingerprint density at radius 3 is 2.57 bits per heavy atom. The lowest BCUT2D eigenvalue weighted by Gasteiger charge is -2.25. The van der Waals surface area contributed by atoms with Crippen LogP contribution in [0.3, 0.4) is 0 Å². The first-order valence-corrected chi connectivity index (χ1v) is 9.88. The third kappa shape index (κ3) is 7.77. The van der Waals surface area contributed by atoms with E-state index >= 15 is 0 Å². The minimum absolute atomic E-state index is 0.237. The zero-order chi connectivity index (χ0) is 17.3. The zero-order valence-electron chi connectivity index (χ0n) is 15.0. The predicted molar refractivity (Wildman–Crippen MR) is 95.2 cm³/mol. The number of carboxylic acid groups (broad SMARTS) is 1. The van der Waals surface area contributed by atoms with Gasteiger partial charge in [-0.3, -0.25) is 0 Å². The second-order valence-electron chi connectivity index (χ2n) is 6.84. The third-order valence-electron chi connectivity index (χ3n) is 4.36. The molecule has 23 heavy (non-hydrogen) atoms. The van der Waals surface area contributed by atoms with E-state index in [0.717, 1.165) is 56.6 Å². The first kappa shape index (κ1) is 20.6. The van der Waals surface area contributed by atoms with Gasteiger partial charge in [0.2, 0.25) is 0 Å². The van der Waals surface area contributed by atoms with Gasteiger partial charge in [0.25, 0.3) is 0 Å². The Morgan fingerprint density at radius 2 is 2.00 bits per heavy atom. The molecule has 0 aromatic rings. The minimum Gasteiger partial charge on any atom is -0.465 e. The van der Waals surface area contributed by atoms with Crippen LogP contribution in [0.25, 0.3) is 0 Å². The van der Waals surface area contributed by atoms with Crippen LogP contribution < -0.4 is 5.32 Å². The summed E-state index contributed by atoms with van der Waals surface area (Å²) in [5.74, 6) is 1.87. The molecule has 1 atom stereocenters. The average molecular weight is 348 g/mol. The number of hydrogen-bond acceptors (Lipinski definition) is 4. The number of nitrogens with one attached hydrogen (secondary N) is 1. The molecule has 0 spiro atoms. The summed E-state index contributed by atoms with van der Waals surface area (Å²) in [6.45, 7) is 8.80. The van der Waals surface area contributed by atoms with Crippen LogP contribution in [0.1, 0.15) is 66.2 Å². The maximum absolute atomic E-state index is 10.7. The summed E-state index contributed by atoms with van der Waals surface area (Å²) in [5, 5.41) is 11.3. The van der Waals surface area contributed by atoms with E-state index in [1.807, 2.05) is 25.6 Å². The summed E-state index contributed by atoms with van der Waals surface area (Å²) in [4.78, 5) is 10.7. The molecule has 6 heteroatoms. The molecule has 1 aliphatic heterocycles. The van der Waals surface area contributed by atoms with Crippen molar-refractivity contribution in [1.82, 2.24) is 5.32 Å². The van der Waals surface area contributed by atoms with E-state index in [9.17, 15) is 4.79 Å². The fraction of sp³-hybridized carbons (Fsp3) is 0.941. The highest BCUT2D eigenvalue weighted by Crippen LogP contribution is 2.31. The van der Waals surface area contributed by atoms with Gasteiger partial charge in [-0.1, -0.05) is 20.3 Å². The quantitative estimate of drug-likeness (QED) is 0.547. The van der Waals surface area contributed by atoms with E-state index in [1.165, 1.54) is 0 Å². The fourth-order valence-corrected chi connectivity index (χ4v) is 3.86. The maximum atomic E-state index is 10.7. The number of hydrogen-bond donors (Lipinski definition) is 2. The molecule has 1 aliphatic rings. The average Bonchev–Trinajstić information content (AvgIpc) is 2.89. The van der Waals surface area contributed by atoms with Crippen molar-refractivity contribution in [2.45, 2.75) is 83.6 Å². The van der Waals surface area contributed by atoms with E-state index in [-0.39, 0.29) is 17.4 Å². The molecule has 5 nitrogen and oxygen atoms in total. The lowest BCUT2D eigenvalue weighted by molar-refractivity contribution is -0.171. The second kappa shape index (κ2) is 9.74. The van der Waals surface area contributed by atoms with Crippen molar-refractivity contribution in [3.63, 3.8) is 0 Å². The number of amides is 1. The van der Waals surface area contributed by atoms with Crippen LogP contribution in [0.2, 0.25) is 0 Å². The summed E-state index contributed by atoms with van der Waals surface area (Å²) < 4.78 is 11.9. The molecule has 0 aliphatic carbocycles. The van der Waals surface area contributed by atoms with Gasteiger partial charge in [-0.05, 0) is 57.5 Å². The van der Waals surface area contributed by atoms with Gasteiger partial charge < -0.3 is 19.9 Å². The Labute approximate surface area is 144 Å². The van der Waals surface area contributed by atoms with E-state index in [0.29, 0.717) is 0 Å². The molecule has 0 bridgehead atoms. The molecule has 1 fully saturated rings. The van der Waals surface area contributed by atoms with E-state index < -0.39 is 6.09 Å². The lowest BCUT2D eigenvalue weighted by atomic mass is 9.98. The monoisotopic (exact) mass is 347 g/mol. The lowest BCUT2D eigenvalue weighted by Crippen LogP contribution is -2.42. The summed E-state index contributed by atoms with van der Waals surface area (Å²) >= 11 is 1.95. The van der Waals surface area contributed by atoms with Crippen molar-refractivity contribution < 1.29 is 19.4 Å². The molecule has 1 amide bonds. The van der Waals surface area contributed by atoms with Gasteiger partial charge in [0, 0.05) is 5.54 Å². The number of carbonyl (C=O) groups is 1. The predicted octanol–water partition coefficient (Wildman–Crippen LogP) is 4.26. The van der Waals surface area contributed by atoms with E-state index in [1.54, 1.807) is 0 Å². The maximum Gasteiger partial charge on any atom is 0.405 e. The van der Waals surface area contributed by atoms with Crippen LogP contribution in [0, 0.1) is 0 Å². The molecule has 1 heterocycles. The topological polar surface area (TPSA) is 67.8 Å². The van der Waals surface area contributed by atoms with Crippen LogP contribution in [0.15, 0.2) is 0 Å². The van der Waals surface area contributed by atoms with E-state index in [4.69, 9.17) is 14.6 Å². The van der Waals surface area contributed by atoms with Gasteiger partial charge in [0.05, 0.1) is 12.7 Å². The fourth-order valence-electron chi connectivity index (χ4n) is 2.82. The van der Waals surface area contributed by atoms with Gasteiger partial charge in [-0.25, -0.2) is 4.79 Å². The molecule has 0 aromatic carbocycles. The first-order valence-electron chi connectivity index (χ1n) is 8.73. The van der Waals surface area contributed by atoms with Crippen molar-refractivity contribution in [3.05, 3.63) is 0 Å². The van der Waals surface area contributed by atoms with Crippen molar-refractivity contribution in [1.29, 1.82) is 0 Å². The van der Waals surface area contributed by atoms with Crippen LogP contribution >= 0.6 is 11.8 Å². The number of unbranched alkanes of at least 4 members (excludes halogenated alkanes) is 1. The van der Waals surface area contributed by atoms with Crippen molar-refractivity contribution in [2.75, 3.05) is 18.1 Å². The highest BCUT2D eigenvalue weighted by atomic mass is 32.2. The first-order chi connectivity index (χ1) is 10.8. The van der Waals surface area contributed by atoms with Crippen LogP contribution in [0.4, 0.5) is 4.79 Å². The summed E-state index contributed by atoms with van der Waals surface area (Å²) in [5.41, 5.74) is -0.338. The van der Waals surface area contributed by atoms with Crippen molar-refractivity contribution in [3.8, 4) is 0 Å². The summed E-state index contributed by atoms with van der Waals surface area (Å²) in [6.07, 6.45) is 5.18. The third-order valence-corrected chi connectivity index (χ3v) is 5.46. The molecule has 0 saturated carbocycles. The van der Waals surface area contributed by atoms with Gasteiger partial charge in [0.1, 0.15) is 0 Å². The molecule has 136 valence electrons. The van der Waals surface area contributed by atoms with E-state index in [2.05, 4.69) is 19.2 Å². The Balaban J connectivity index is 2.03. The number of ether oxygens (including phenoxy) is 2. The normalized spacial score (nSPS) is 20.6. The molecule has 0 radical (unpaired) electrons. The van der Waals surface area contributed by atoms with Crippen molar-refractivity contribution >= 4 is 17.9 Å². The molecule has 1 unspecified atom stereocenters. The molecular formula is C17H33NO4S. The molecule has 0 aromatic heterocycles. The molecule has 1 rings (SSSR count). The standard InChI is InChI=1S/C17H33NO4S/c1-5-17(6-2)21-13-14(22-17)9-12-23-11-8-7-10-16(3,4)18-15(19)20/h14,18H,5-13H2,1-4H3,(H,19,20). The van der Waals surface area contributed by atoms with Crippen LogP contribution in [-0.4, -0.2) is 46.7 Å².